The summed E-state index contributed by atoms with van der Waals surface area (Å²) in [6.07, 6.45) is 1.52. The second-order valence-corrected chi connectivity index (χ2v) is 5.92. The summed E-state index contributed by atoms with van der Waals surface area (Å²) in [5.74, 6) is 1.44. The average molecular weight is 344 g/mol. The minimum atomic E-state index is -0.156. The zero-order valence-corrected chi connectivity index (χ0v) is 14.3. The molecule has 24 heavy (non-hydrogen) atoms. The van der Waals surface area contributed by atoms with Crippen molar-refractivity contribution in [1.29, 1.82) is 0 Å². The van der Waals surface area contributed by atoms with E-state index in [2.05, 4.69) is 10.5 Å². The van der Waals surface area contributed by atoms with Gasteiger partial charge in [0.2, 0.25) is 5.91 Å². The van der Waals surface area contributed by atoms with E-state index >= 15 is 0 Å². The number of hydrogen-bond acceptors (Lipinski definition) is 5. The molecule has 0 radical (unpaired) electrons. The molecule has 0 saturated carbocycles. The van der Waals surface area contributed by atoms with E-state index in [1.165, 1.54) is 29.6 Å². The van der Waals surface area contributed by atoms with Gasteiger partial charge >= 0.3 is 0 Å². The lowest BCUT2D eigenvalue weighted by Crippen LogP contribution is -2.19. The van der Waals surface area contributed by atoms with Crippen molar-refractivity contribution in [3.05, 3.63) is 59.7 Å². The van der Waals surface area contributed by atoms with Gasteiger partial charge < -0.3 is 9.84 Å². The van der Waals surface area contributed by atoms with E-state index in [-0.39, 0.29) is 11.7 Å². The Labute approximate surface area is 145 Å². The molecule has 0 spiro atoms. The van der Waals surface area contributed by atoms with Crippen LogP contribution in [0.15, 0.2) is 53.6 Å². The van der Waals surface area contributed by atoms with Gasteiger partial charge in [0.1, 0.15) is 0 Å². The number of rotatable bonds is 8. The Morgan fingerprint density at radius 3 is 2.83 bits per heavy atom. The number of nitrogens with one attached hydrogen (secondary N) is 1. The van der Waals surface area contributed by atoms with Crippen LogP contribution in [-0.4, -0.2) is 29.6 Å². The summed E-state index contributed by atoms with van der Waals surface area (Å²) in [5.41, 5.74) is 4.41. The fraction of sp³-hybridized carbons (Fsp3) is 0.222. The van der Waals surface area contributed by atoms with Crippen LogP contribution >= 0.6 is 11.8 Å². The minimum Gasteiger partial charge on any atom is -0.504 e. The molecule has 2 aromatic rings. The predicted octanol–water partition coefficient (Wildman–Crippen LogP) is 3.17. The molecule has 0 fully saturated rings. The average Bonchev–Trinajstić information content (AvgIpc) is 2.59. The maximum atomic E-state index is 11.7. The number of phenolic OH excluding ortho intramolecular Hbond substituents is 1. The van der Waals surface area contributed by atoms with Gasteiger partial charge in [0.15, 0.2) is 11.5 Å². The number of nitrogens with zero attached hydrogens (tertiary/aromatic N) is 1. The Bertz CT molecular complexity index is 690. The Balaban J connectivity index is 1.76. The number of aromatic hydroxyl groups is 1. The van der Waals surface area contributed by atoms with Crippen molar-refractivity contribution in [3.8, 4) is 11.5 Å². The van der Waals surface area contributed by atoms with Crippen LogP contribution in [0.25, 0.3) is 0 Å². The van der Waals surface area contributed by atoms with Crippen molar-refractivity contribution in [2.24, 2.45) is 5.10 Å². The molecular formula is C18H20N2O3S. The molecule has 0 unspecified atom stereocenters. The molecule has 2 aromatic carbocycles. The highest BCUT2D eigenvalue weighted by atomic mass is 32.2. The molecule has 0 saturated heterocycles. The third-order valence-corrected chi connectivity index (χ3v) is 4.04. The molecule has 0 heterocycles. The molecule has 0 aliphatic carbocycles. The van der Waals surface area contributed by atoms with Gasteiger partial charge in [-0.25, -0.2) is 5.43 Å². The van der Waals surface area contributed by atoms with Crippen LogP contribution in [-0.2, 0) is 10.5 Å². The largest absolute Gasteiger partial charge is 0.504 e. The zero-order valence-electron chi connectivity index (χ0n) is 13.4. The summed E-state index contributed by atoms with van der Waals surface area (Å²) in [5, 5.41) is 13.6. The standard InChI is InChI=1S/C18H20N2O3S/c1-2-23-17-10-15(8-9-16(17)21)11-19-20-18(22)13-24-12-14-6-4-3-5-7-14/h3-11,21H,2,12-13H2,1H3,(H,20,22)/b19-11-. The first-order valence-corrected chi connectivity index (χ1v) is 8.74. The van der Waals surface area contributed by atoms with Crippen molar-refractivity contribution in [1.82, 2.24) is 5.43 Å². The van der Waals surface area contributed by atoms with E-state index < -0.39 is 0 Å². The van der Waals surface area contributed by atoms with Gasteiger partial charge in [-0.05, 0) is 36.2 Å². The normalized spacial score (nSPS) is 10.7. The maximum Gasteiger partial charge on any atom is 0.250 e. The molecule has 2 N–H and O–H groups in total. The molecule has 6 heteroatoms. The van der Waals surface area contributed by atoms with Gasteiger partial charge in [-0.1, -0.05) is 30.3 Å². The zero-order chi connectivity index (χ0) is 17.2. The topological polar surface area (TPSA) is 70.9 Å². The first kappa shape index (κ1) is 17.9. The summed E-state index contributed by atoms with van der Waals surface area (Å²) in [6.45, 7) is 2.30. The molecule has 2 rings (SSSR count). The van der Waals surface area contributed by atoms with Gasteiger partial charge in [0.05, 0.1) is 18.6 Å². The Morgan fingerprint density at radius 1 is 1.29 bits per heavy atom. The number of hydrazone groups is 1. The third kappa shape index (κ3) is 5.96. The fourth-order valence-electron chi connectivity index (χ4n) is 1.93. The van der Waals surface area contributed by atoms with Crippen molar-refractivity contribution < 1.29 is 14.6 Å². The number of hydrogen-bond donors (Lipinski definition) is 2. The smallest absolute Gasteiger partial charge is 0.250 e. The molecule has 0 aliphatic rings. The van der Waals surface area contributed by atoms with E-state index in [0.29, 0.717) is 18.1 Å². The first-order valence-electron chi connectivity index (χ1n) is 7.58. The van der Waals surface area contributed by atoms with Crippen molar-refractivity contribution in [3.63, 3.8) is 0 Å². The fourth-order valence-corrected chi connectivity index (χ4v) is 2.71. The van der Waals surface area contributed by atoms with Crippen LogP contribution in [0.2, 0.25) is 0 Å². The van der Waals surface area contributed by atoms with E-state index in [0.717, 1.165) is 11.3 Å². The lowest BCUT2D eigenvalue weighted by atomic mass is 10.2. The molecule has 0 atom stereocenters. The van der Waals surface area contributed by atoms with Crippen LogP contribution < -0.4 is 10.2 Å². The monoisotopic (exact) mass is 344 g/mol. The predicted molar refractivity (Wildman–Crippen MR) is 97.6 cm³/mol. The molecule has 126 valence electrons. The molecular weight excluding hydrogens is 324 g/mol. The first-order chi connectivity index (χ1) is 11.7. The van der Waals surface area contributed by atoms with Crippen LogP contribution in [0.1, 0.15) is 18.1 Å². The second kappa shape index (κ2) is 9.62. The Hall–Kier alpha value is -2.47. The Kier molecular flexibility index (Phi) is 7.17. The lowest BCUT2D eigenvalue weighted by molar-refractivity contribution is -0.118. The van der Waals surface area contributed by atoms with Gasteiger partial charge in [-0.15, -0.1) is 11.8 Å². The number of benzene rings is 2. The van der Waals surface area contributed by atoms with Crippen molar-refractivity contribution >= 4 is 23.9 Å². The van der Waals surface area contributed by atoms with Gasteiger partial charge in [-0.3, -0.25) is 4.79 Å². The highest BCUT2D eigenvalue weighted by Crippen LogP contribution is 2.26. The van der Waals surface area contributed by atoms with Crippen molar-refractivity contribution in [2.75, 3.05) is 12.4 Å². The quantitative estimate of drug-likeness (QED) is 0.570. The third-order valence-electron chi connectivity index (χ3n) is 3.03. The number of ether oxygens (including phenoxy) is 1. The molecule has 5 nitrogen and oxygen atoms in total. The summed E-state index contributed by atoms with van der Waals surface area (Å²) < 4.78 is 5.30. The number of phenols is 1. The highest BCUT2D eigenvalue weighted by molar-refractivity contribution is 7.99. The summed E-state index contributed by atoms with van der Waals surface area (Å²) in [7, 11) is 0. The van der Waals surface area contributed by atoms with Crippen LogP contribution in [0.4, 0.5) is 0 Å². The number of thioether (sulfide) groups is 1. The summed E-state index contributed by atoms with van der Waals surface area (Å²) >= 11 is 1.53. The van der Waals surface area contributed by atoms with Crippen LogP contribution in [0.5, 0.6) is 11.5 Å². The Morgan fingerprint density at radius 2 is 2.08 bits per heavy atom. The summed E-state index contributed by atoms with van der Waals surface area (Å²) in [6, 6.07) is 14.9. The lowest BCUT2D eigenvalue weighted by Gasteiger charge is -2.06. The van der Waals surface area contributed by atoms with E-state index in [1.54, 1.807) is 12.1 Å². The highest BCUT2D eigenvalue weighted by Gasteiger charge is 2.03. The summed E-state index contributed by atoms with van der Waals surface area (Å²) in [4.78, 5) is 11.7. The van der Waals surface area contributed by atoms with Gasteiger partial charge in [0, 0.05) is 5.75 Å². The number of amides is 1. The number of carbonyl (C=O) groups is 1. The van der Waals surface area contributed by atoms with E-state index in [9.17, 15) is 9.90 Å². The maximum absolute atomic E-state index is 11.7. The van der Waals surface area contributed by atoms with Gasteiger partial charge in [-0.2, -0.15) is 5.10 Å². The molecule has 0 aromatic heterocycles. The molecule has 1 amide bonds. The van der Waals surface area contributed by atoms with Crippen LogP contribution in [0, 0.1) is 0 Å². The van der Waals surface area contributed by atoms with E-state index in [1.807, 2.05) is 37.3 Å². The minimum absolute atomic E-state index is 0.0790. The SMILES string of the molecule is CCOc1cc(/C=N\NC(=O)CSCc2ccccc2)ccc1O. The number of carbonyl (C=O) groups excluding carboxylic acids is 1. The van der Waals surface area contributed by atoms with Crippen LogP contribution in [0.3, 0.4) is 0 Å². The second-order valence-electron chi connectivity index (χ2n) is 4.93. The molecule has 0 aliphatic heterocycles. The van der Waals surface area contributed by atoms with Gasteiger partial charge in [0.25, 0.3) is 0 Å². The van der Waals surface area contributed by atoms with E-state index in [4.69, 9.17) is 4.74 Å². The molecule has 0 bridgehead atoms. The van der Waals surface area contributed by atoms with Crippen molar-refractivity contribution in [2.45, 2.75) is 12.7 Å².